The van der Waals surface area contributed by atoms with E-state index in [1.165, 1.54) is 244 Å². The Morgan fingerprint density at radius 2 is 0.674 bits per heavy atom. The van der Waals surface area contributed by atoms with Crippen molar-refractivity contribution in [3.05, 3.63) is 18.2 Å². The molecule has 0 spiro atoms. The molecule has 1 rings (SSSR count). The first-order valence-electron chi connectivity index (χ1n) is 21.9. The molecule has 0 amide bonds. The summed E-state index contributed by atoms with van der Waals surface area (Å²) in [5.74, 6) is 1.61. The van der Waals surface area contributed by atoms with Gasteiger partial charge in [-0.3, -0.25) is 0 Å². The Morgan fingerprint density at radius 3 is 1.04 bits per heavy atom. The average molecular weight is 644 g/mol. The molecule has 0 aliphatic heterocycles. The number of rotatable bonds is 38. The summed E-state index contributed by atoms with van der Waals surface area (Å²) in [5.41, 5.74) is 0. The van der Waals surface area contributed by atoms with Crippen LogP contribution < -0.4 is 4.57 Å². The molecule has 0 atom stereocenters. The van der Waals surface area contributed by atoms with E-state index < -0.39 is 0 Å². The van der Waals surface area contributed by atoms with Gasteiger partial charge >= 0.3 is 0 Å². The Kier molecular flexibility index (Phi) is 33.4. The van der Waals surface area contributed by atoms with Crippen LogP contribution in [-0.2, 0) is 19.5 Å². The summed E-state index contributed by atoms with van der Waals surface area (Å²) in [7, 11) is 0. The Hall–Kier alpha value is -0.790. The molecule has 1 heterocycles. The van der Waals surface area contributed by atoms with Gasteiger partial charge < -0.3 is 0 Å². The third-order valence-corrected chi connectivity index (χ3v) is 10.6. The number of nitrogens with zero attached hydrogens (tertiary/aromatic N) is 2. The zero-order valence-electron chi connectivity index (χ0n) is 32.4. The molecular weight excluding hydrogens is 556 g/mol. The number of aromatic nitrogens is 2. The fourth-order valence-electron chi connectivity index (χ4n) is 7.39. The van der Waals surface area contributed by atoms with E-state index in [-0.39, 0.29) is 0 Å². The Balaban J connectivity index is 2.06. The van der Waals surface area contributed by atoms with Gasteiger partial charge in [-0.25, -0.2) is 9.13 Å². The van der Waals surface area contributed by atoms with Gasteiger partial charge in [0.2, 0.25) is 0 Å². The molecule has 0 fully saturated rings. The van der Waals surface area contributed by atoms with Crippen LogP contribution in [0.2, 0.25) is 0 Å². The molecule has 46 heavy (non-hydrogen) atoms. The topological polar surface area (TPSA) is 8.81 Å². The van der Waals surface area contributed by atoms with E-state index in [0.29, 0.717) is 0 Å². The van der Waals surface area contributed by atoms with Gasteiger partial charge in [-0.1, -0.05) is 213 Å². The number of imidazole rings is 1. The largest absolute Gasteiger partial charge is 0.256 e. The minimum Gasteiger partial charge on any atom is -0.234 e. The van der Waals surface area contributed by atoms with Crippen molar-refractivity contribution < 1.29 is 4.57 Å². The monoisotopic (exact) mass is 644 g/mol. The van der Waals surface area contributed by atoms with Crippen LogP contribution in [0, 0.1) is 0 Å². The highest BCUT2D eigenvalue weighted by Gasteiger charge is 2.16. The molecule has 0 saturated heterocycles. The van der Waals surface area contributed by atoms with Crippen LogP contribution in [0.15, 0.2) is 12.4 Å². The van der Waals surface area contributed by atoms with Gasteiger partial charge in [-0.05, 0) is 32.1 Å². The number of hydrogen-bond donors (Lipinski definition) is 0. The molecule has 2 heteroatoms. The molecule has 0 aromatic carbocycles. The summed E-state index contributed by atoms with van der Waals surface area (Å²) >= 11 is 0. The summed E-state index contributed by atoms with van der Waals surface area (Å²) < 4.78 is 5.23. The molecule has 0 aliphatic carbocycles. The van der Waals surface area contributed by atoms with Crippen LogP contribution in [0.4, 0.5) is 0 Å². The highest BCUT2D eigenvalue weighted by molar-refractivity contribution is 4.84. The van der Waals surface area contributed by atoms with Crippen molar-refractivity contribution in [2.45, 2.75) is 265 Å². The first-order chi connectivity index (χ1) is 22.8. The van der Waals surface area contributed by atoms with Crippen molar-refractivity contribution in [3.63, 3.8) is 0 Å². The van der Waals surface area contributed by atoms with Crippen molar-refractivity contribution in [2.24, 2.45) is 0 Å². The molecule has 0 saturated carbocycles. The standard InChI is InChI=1S/C44H87N2/c1-4-7-10-12-14-16-18-20-22-24-26-28-30-32-34-37-40-45-42-43-46(44(45)39-36-9-6-3)41-38-35-33-31-29-27-25-23-21-19-17-15-13-11-8-5-2/h42-43H,4-41H2,1-3H3/q+1. The van der Waals surface area contributed by atoms with Gasteiger partial charge in [-0.2, -0.15) is 0 Å². The van der Waals surface area contributed by atoms with Crippen LogP contribution in [-0.4, -0.2) is 4.57 Å². The van der Waals surface area contributed by atoms with E-state index in [1.54, 1.807) is 5.82 Å². The second kappa shape index (κ2) is 35.5. The molecule has 0 N–H and O–H groups in total. The van der Waals surface area contributed by atoms with Crippen LogP contribution >= 0.6 is 0 Å². The average Bonchev–Trinajstić information content (AvgIpc) is 3.45. The minimum atomic E-state index is 1.23. The fourth-order valence-corrected chi connectivity index (χ4v) is 7.39. The predicted molar refractivity (Wildman–Crippen MR) is 207 cm³/mol. The van der Waals surface area contributed by atoms with E-state index in [2.05, 4.69) is 42.3 Å². The maximum Gasteiger partial charge on any atom is 0.256 e. The molecule has 272 valence electrons. The first kappa shape index (κ1) is 43.2. The first-order valence-corrected chi connectivity index (χ1v) is 21.9. The molecule has 0 bridgehead atoms. The number of unbranched alkanes of at least 4 members (excludes halogenated alkanes) is 32. The lowest BCUT2D eigenvalue weighted by Crippen LogP contribution is -2.37. The van der Waals surface area contributed by atoms with Gasteiger partial charge in [0, 0.05) is 6.42 Å². The van der Waals surface area contributed by atoms with E-state index >= 15 is 0 Å². The molecule has 0 aliphatic rings. The second-order valence-electron chi connectivity index (χ2n) is 15.2. The normalized spacial score (nSPS) is 11.6. The molecule has 2 nitrogen and oxygen atoms in total. The maximum absolute atomic E-state index is 2.62. The predicted octanol–water partition coefficient (Wildman–Crippen LogP) is 15.0. The highest BCUT2D eigenvalue weighted by Crippen LogP contribution is 2.16. The summed E-state index contributed by atoms with van der Waals surface area (Å²) in [6.45, 7) is 9.41. The zero-order valence-corrected chi connectivity index (χ0v) is 32.4. The van der Waals surface area contributed by atoms with Crippen molar-refractivity contribution in [1.82, 2.24) is 4.57 Å². The lowest BCUT2D eigenvalue weighted by molar-refractivity contribution is -0.704. The van der Waals surface area contributed by atoms with E-state index in [4.69, 9.17) is 0 Å². The van der Waals surface area contributed by atoms with Crippen molar-refractivity contribution in [2.75, 3.05) is 0 Å². The summed E-state index contributed by atoms with van der Waals surface area (Å²) in [6.07, 6.45) is 56.4. The quantitative estimate of drug-likeness (QED) is 0.0501. The summed E-state index contributed by atoms with van der Waals surface area (Å²) in [5, 5.41) is 0. The summed E-state index contributed by atoms with van der Waals surface area (Å²) in [6, 6.07) is 0. The lowest BCUT2D eigenvalue weighted by Gasteiger charge is -2.07. The van der Waals surface area contributed by atoms with Gasteiger partial charge in [-0.15, -0.1) is 0 Å². The van der Waals surface area contributed by atoms with Crippen LogP contribution in [0.25, 0.3) is 0 Å². The van der Waals surface area contributed by atoms with Crippen molar-refractivity contribution in [1.29, 1.82) is 0 Å². The highest BCUT2D eigenvalue weighted by atomic mass is 15.1. The fraction of sp³-hybridized carbons (Fsp3) is 0.932. The lowest BCUT2D eigenvalue weighted by atomic mass is 10.0. The van der Waals surface area contributed by atoms with Gasteiger partial charge in [0.15, 0.2) is 0 Å². The third-order valence-electron chi connectivity index (χ3n) is 10.6. The maximum atomic E-state index is 2.62. The molecule has 1 aromatic rings. The van der Waals surface area contributed by atoms with Crippen molar-refractivity contribution >= 4 is 0 Å². The van der Waals surface area contributed by atoms with Crippen LogP contribution in [0.5, 0.6) is 0 Å². The third kappa shape index (κ3) is 27.2. The second-order valence-corrected chi connectivity index (χ2v) is 15.2. The van der Waals surface area contributed by atoms with Gasteiger partial charge in [0.05, 0.1) is 13.1 Å². The van der Waals surface area contributed by atoms with Gasteiger partial charge in [0.25, 0.3) is 5.82 Å². The van der Waals surface area contributed by atoms with Crippen LogP contribution in [0.3, 0.4) is 0 Å². The smallest absolute Gasteiger partial charge is 0.234 e. The number of hydrogen-bond acceptors (Lipinski definition) is 0. The molecule has 0 radical (unpaired) electrons. The minimum absolute atomic E-state index is 1.23. The van der Waals surface area contributed by atoms with E-state index in [0.717, 1.165) is 0 Å². The Morgan fingerprint density at radius 1 is 0.370 bits per heavy atom. The molecule has 0 unspecified atom stereocenters. The Bertz CT molecular complexity index is 653. The SMILES string of the molecule is CCCCCCCCCCCCCCCCCCn1cc[n+](CCCCCCCCCCCCCCCCCC)c1CCCCC. The molecule has 1 aromatic heterocycles. The number of aryl methyl sites for hydroxylation is 2. The van der Waals surface area contributed by atoms with Crippen LogP contribution in [0.1, 0.15) is 251 Å². The molecular formula is C44H87N2+. The zero-order chi connectivity index (χ0) is 33.0. The van der Waals surface area contributed by atoms with E-state index in [9.17, 15) is 0 Å². The van der Waals surface area contributed by atoms with E-state index in [1.807, 2.05) is 0 Å². The summed E-state index contributed by atoms with van der Waals surface area (Å²) in [4.78, 5) is 0. The van der Waals surface area contributed by atoms with Crippen molar-refractivity contribution in [3.8, 4) is 0 Å². The Labute approximate surface area is 291 Å². The van der Waals surface area contributed by atoms with Gasteiger partial charge in [0.1, 0.15) is 12.4 Å².